The van der Waals surface area contributed by atoms with Crippen LogP contribution >= 0.6 is 0 Å². The molecule has 1 radical (unpaired) electrons. The first kappa shape index (κ1) is 11.3. The standard InChI is InChI=1S/C13H21BN3/c1-13(2,14-3)12-8-4-6-10-11(16-17-15-10)7-5-9(8)12/h8-9,12H,4-7H2,1-3H3,(H,15,16,17)/t8-,9+,12?. The molecule has 1 fully saturated rings. The van der Waals surface area contributed by atoms with E-state index in [2.05, 4.69) is 43.4 Å². The lowest BCUT2D eigenvalue weighted by Gasteiger charge is -2.23. The Morgan fingerprint density at radius 3 is 2.12 bits per heavy atom. The zero-order valence-electron chi connectivity index (χ0n) is 11.0. The summed E-state index contributed by atoms with van der Waals surface area (Å²) in [5.41, 5.74) is 2.43. The molecule has 2 aliphatic carbocycles. The Kier molecular flexibility index (Phi) is 2.56. The molecule has 2 aliphatic rings. The highest BCUT2D eigenvalue weighted by atomic mass is 15.3. The third kappa shape index (κ3) is 1.82. The summed E-state index contributed by atoms with van der Waals surface area (Å²) in [6, 6.07) is 0. The van der Waals surface area contributed by atoms with Crippen molar-refractivity contribution in [1.82, 2.24) is 15.4 Å². The molecule has 1 N–H and O–H groups in total. The first-order chi connectivity index (χ1) is 8.13. The number of H-pyrrole nitrogens is 1. The van der Waals surface area contributed by atoms with Crippen molar-refractivity contribution in [1.29, 1.82) is 0 Å². The van der Waals surface area contributed by atoms with Gasteiger partial charge in [-0.3, -0.25) is 0 Å². The highest BCUT2D eigenvalue weighted by Crippen LogP contribution is 2.63. The van der Waals surface area contributed by atoms with Gasteiger partial charge < -0.3 is 0 Å². The van der Waals surface area contributed by atoms with E-state index >= 15 is 0 Å². The molecule has 0 bridgehead atoms. The van der Waals surface area contributed by atoms with E-state index in [1.54, 1.807) is 0 Å². The van der Waals surface area contributed by atoms with Gasteiger partial charge in [0.15, 0.2) is 0 Å². The molecule has 0 saturated heterocycles. The second-order valence-electron chi connectivity index (χ2n) is 6.26. The van der Waals surface area contributed by atoms with Crippen LogP contribution in [0.15, 0.2) is 0 Å². The predicted molar refractivity (Wildman–Crippen MR) is 69.2 cm³/mol. The number of hydrogen-bond donors (Lipinski definition) is 1. The number of nitrogens with zero attached hydrogens (tertiary/aromatic N) is 2. The maximum atomic E-state index is 4.27. The Hall–Kier alpha value is -0.795. The van der Waals surface area contributed by atoms with Gasteiger partial charge in [0.1, 0.15) is 7.28 Å². The minimum atomic E-state index is 0.399. The smallest absolute Gasteiger partial charge is 0.114 e. The summed E-state index contributed by atoms with van der Waals surface area (Å²) >= 11 is 0. The van der Waals surface area contributed by atoms with E-state index in [1.165, 1.54) is 24.2 Å². The summed E-state index contributed by atoms with van der Waals surface area (Å²) in [6.45, 7) is 6.98. The van der Waals surface area contributed by atoms with Crippen molar-refractivity contribution in [2.45, 2.75) is 51.7 Å². The number of aryl methyl sites for hydroxylation is 2. The number of hydrogen-bond acceptors (Lipinski definition) is 2. The van der Waals surface area contributed by atoms with E-state index in [9.17, 15) is 0 Å². The van der Waals surface area contributed by atoms with Crippen LogP contribution in [0.4, 0.5) is 0 Å². The normalized spacial score (nSPS) is 32.1. The van der Waals surface area contributed by atoms with Crippen molar-refractivity contribution >= 4 is 7.28 Å². The molecular weight excluding hydrogens is 209 g/mol. The summed E-state index contributed by atoms with van der Waals surface area (Å²) < 4.78 is 0. The number of fused-ring (bicyclic) bond motifs is 2. The van der Waals surface area contributed by atoms with Crippen LogP contribution in [0.2, 0.25) is 12.1 Å². The minimum absolute atomic E-state index is 0.399. The van der Waals surface area contributed by atoms with Crippen LogP contribution in [-0.4, -0.2) is 22.7 Å². The lowest BCUT2D eigenvalue weighted by molar-refractivity contribution is 0.507. The molecule has 1 aromatic heterocycles. The molecule has 0 aromatic carbocycles. The molecule has 3 rings (SSSR count). The van der Waals surface area contributed by atoms with Gasteiger partial charge in [0.05, 0.1) is 11.4 Å². The average Bonchev–Trinajstić information content (AvgIpc) is 2.81. The van der Waals surface area contributed by atoms with Gasteiger partial charge in [-0.2, -0.15) is 15.4 Å². The first-order valence-electron chi connectivity index (χ1n) is 6.82. The van der Waals surface area contributed by atoms with Gasteiger partial charge in [-0.25, -0.2) is 0 Å². The second-order valence-corrected chi connectivity index (χ2v) is 6.26. The van der Waals surface area contributed by atoms with E-state index in [4.69, 9.17) is 0 Å². The maximum Gasteiger partial charge on any atom is 0.114 e. The monoisotopic (exact) mass is 230 g/mol. The number of nitrogens with one attached hydrogen (secondary N) is 1. The van der Waals surface area contributed by atoms with Crippen LogP contribution in [-0.2, 0) is 12.8 Å². The Balaban J connectivity index is 1.74. The molecule has 0 spiro atoms. The molecule has 1 aromatic rings. The van der Waals surface area contributed by atoms with E-state index in [-0.39, 0.29) is 0 Å². The van der Waals surface area contributed by atoms with Gasteiger partial charge >= 0.3 is 0 Å². The molecule has 0 aliphatic heterocycles. The average molecular weight is 230 g/mol. The fourth-order valence-electron chi connectivity index (χ4n) is 3.81. The van der Waals surface area contributed by atoms with Crippen molar-refractivity contribution in [3.8, 4) is 0 Å². The lowest BCUT2D eigenvalue weighted by Crippen LogP contribution is -2.14. The molecule has 1 unspecified atom stereocenters. The third-order valence-corrected chi connectivity index (χ3v) is 5.07. The Bertz CT molecular complexity index is 384. The molecule has 91 valence electrons. The van der Waals surface area contributed by atoms with Crippen LogP contribution in [0.5, 0.6) is 0 Å². The van der Waals surface area contributed by atoms with Crippen LogP contribution in [0.1, 0.15) is 38.1 Å². The van der Waals surface area contributed by atoms with Crippen molar-refractivity contribution in [3.05, 3.63) is 11.4 Å². The van der Waals surface area contributed by atoms with Crippen molar-refractivity contribution in [2.24, 2.45) is 17.8 Å². The molecule has 17 heavy (non-hydrogen) atoms. The Morgan fingerprint density at radius 1 is 1.12 bits per heavy atom. The van der Waals surface area contributed by atoms with Gasteiger partial charge in [-0.05, 0) is 43.4 Å². The minimum Gasteiger partial charge on any atom is -0.197 e. The van der Waals surface area contributed by atoms with E-state index in [0.29, 0.717) is 5.31 Å². The third-order valence-electron chi connectivity index (χ3n) is 5.07. The Morgan fingerprint density at radius 2 is 1.65 bits per heavy atom. The van der Waals surface area contributed by atoms with Gasteiger partial charge in [0.25, 0.3) is 0 Å². The zero-order valence-corrected chi connectivity index (χ0v) is 11.0. The zero-order chi connectivity index (χ0) is 12.0. The summed E-state index contributed by atoms with van der Waals surface area (Å²) in [4.78, 5) is 0. The lowest BCUT2D eigenvalue weighted by atomic mass is 9.53. The molecular formula is C13H21BN3. The van der Waals surface area contributed by atoms with Crippen molar-refractivity contribution in [3.63, 3.8) is 0 Å². The number of rotatable bonds is 2. The summed E-state index contributed by atoms with van der Waals surface area (Å²) in [5.74, 6) is 2.73. The van der Waals surface area contributed by atoms with Crippen molar-refractivity contribution < 1.29 is 0 Å². The van der Waals surface area contributed by atoms with Crippen molar-refractivity contribution in [2.75, 3.05) is 0 Å². The van der Waals surface area contributed by atoms with Crippen LogP contribution < -0.4 is 0 Å². The SMILES string of the molecule is C[B]C(C)(C)C1[C@H]2CCc3n[nH]nc3CC[C@@H]12. The van der Waals surface area contributed by atoms with E-state index in [1.807, 2.05) is 0 Å². The number of aromatic nitrogens is 3. The summed E-state index contributed by atoms with van der Waals surface area (Å²) in [6.07, 6.45) is 4.82. The highest BCUT2D eigenvalue weighted by Gasteiger charge is 2.55. The molecule has 3 atom stereocenters. The molecule has 3 nitrogen and oxygen atoms in total. The first-order valence-corrected chi connectivity index (χ1v) is 6.82. The van der Waals surface area contributed by atoms with Crippen LogP contribution in [0.3, 0.4) is 0 Å². The van der Waals surface area contributed by atoms with E-state index < -0.39 is 0 Å². The van der Waals surface area contributed by atoms with Gasteiger partial charge in [0.2, 0.25) is 0 Å². The number of aromatic amines is 1. The molecule has 1 saturated carbocycles. The van der Waals surface area contributed by atoms with Gasteiger partial charge in [0, 0.05) is 0 Å². The van der Waals surface area contributed by atoms with Crippen LogP contribution in [0.25, 0.3) is 0 Å². The van der Waals surface area contributed by atoms with Gasteiger partial charge in [-0.1, -0.05) is 26.0 Å². The maximum absolute atomic E-state index is 4.27. The van der Waals surface area contributed by atoms with Crippen LogP contribution in [0, 0.1) is 17.8 Å². The van der Waals surface area contributed by atoms with Gasteiger partial charge in [-0.15, -0.1) is 0 Å². The fraction of sp³-hybridized carbons (Fsp3) is 0.846. The highest BCUT2D eigenvalue weighted by molar-refractivity contribution is 6.38. The topological polar surface area (TPSA) is 41.6 Å². The summed E-state index contributed by atoms with van der Waals surface area (Å²) in [7, 11) is 2.39. The largest absolute Gasteiger partial charge is 0.197 e. The Labute approximate surface area is 104 Å². The molecule has 1 heterocycles. The van der Waals surface area contributed by atoms with E-state index in [0.717, 1.165) is 30.6 Å². The summed E-state index contributed by atoms with van der Waals surface area (Å²) in [5, 5.41) is 11.7. The predicted octanol–water partition coefficient (Wildman–Crippen LogP) is 2.50. The molecule has 0 amide bonds. The molecule has 4 heteroatoms. The quantitative estimate of drug-likeness (QED) is 0.793. The fourth-order valence-corrected chi connectivity index (χ4v) is 3.81. The second kappa shape index (κ2) is 3.86.